The van der Waals surface area contributed by atoms with Gasteiger partial charge < -0.3 is 0 Å². The summed E-state index contributed by atoms with van der Waals surface area (Å²) in [6, 6.07) is 0. The minimum atomic E-state index is -3.44. The summed E-state index contributed by atoms with van der Waals surface area (Å²) < 4.78 is 0. The molecule has 31 valence electrons. The van der Waals surface area contributed by atoms with Crippen LogP contribution in [0.15, 0.2) is 0 Å². The zero-order valence-corrected chi connectivity index (χ0v) is 8.82. The molecule has 0 rings (SSSR count). The van der Waals surface area contributed by atoms with Gasteiger partial charge in [0.05, 0.1) is 0 Å². The maximum absolute atomic E-state index is 5.06. The molecule has 0 aliphatic heterocycles. The molecular formula is Cl4Pr. The monoisotopic (exact) mass is 281 g/mol. The van der Waals surface area contributed by atoms with E-state index in [4.69, 9.17) is 22.9 Å². The van der Waals surface area contributed by atoms with Crippen LogP contribution < -0.4 is 0 Å². The molecule has 0 aliphatic rings. The SMILES string of the molecule is [Cl][Pr]([Cl])([Cl])[Cl]. The van der Waals surface area contributed by atoms with Crippen molar-refractivity contribution in [3.8, 4) is 0 Å². The Morgan fingerprint density at radius 1 is 0.800 bits per heavy atom. The maximum atomic E-state index is 5.06. The second-order valence-corrected chi connectivity index (χ2v) is 33.0. The van der Waals surface area contributed by atoms with Gasteiger partial charge in [0.1, 0.15) is 0 Å². The molecule has 0 saturated carbocycles. The Bertz CT molecular complexity index is 19.1. The predicted octanol–water partition coefficient (Wildman–Crippen LogP) is 2.76. The van der Waals surface area contributed by atoms with Gasteiger partial charge in [-0.1, -0.05) is 0 Å². The molecule has 0 saturated heterocycles. The summed E-state index contributed by atoms with van der Waals surface area (Å²) in [5.74, 6) is 0. The minimum absolute atomic E-state index is 3.44. The summed E-state index contributed by atoms with van der Waals surface area (Å²) in [7, 11) is 0. The van der Waals surface area contributed by atoms with Gasteiger partial charge in [0.2, 0.25) is 0 Å². The van der Waals surface area contributed by atoms with Crippen LogP contribution in [0.5, 0.6) is 0 Å². The molecule has 0 unspecified atom stereocenters. The molecule has 0 radical (unpaired) electrons. The Hall–Kier alpha value is 2.52. The summed E-state index contributed by atoms with van der Waals surface area (Å²) in [5.41, 5.74) is 20.2. The van der Waals surface area contributed by atoms with Gasteiger partial charge in [0, 0.05) is 0 Å². The number of halogens is 4. The van der Waals surface area contributed by atoms with E-state index in [1.165, 1.54) is 0 Å². The van der Waals surface area contributed by atoms with Crippen molar-refractivity contribution in [1.29, 1.82) is 0 Å². The van der Waals surface area contributed by atoms with Crippen molar-refractivity contribution in [3.63, 3.8) is 0 Å². The number of hydrogen-bond acceptors (Lipinski definition) is 0. The molecule has 0 amide bonds. The van der Waals surface area contributed by atoms with E-state index in [2.05, 4.69) is 0 Å². The third kappa shape index (κ3) is 21.0. The standard InChI is InChI=1S/4ClH.Pr/h4*1H;/q;;;;+4/p-4. The average Bonchev–Trinajstić information content (AvgIpc) is 0.722. The number of rotatable bonds is 0. The van der Waals surface area contributed by atoms with Crippen molar-refractivity contribution >= 4 is 22.9 Å². The van der Waals surface area contributed by atoms with Gasteiger partial charge in [0.15, 0.2) is 0 Å². The fourth-order valence-corrected chi connectivity index (χ4v) is 0. The molecule has 0 N–H and O–H groups in total. The van der Waals surface area contributed by atoms with E-state index in [9.17, 15) is 0 Å². The molecule has 0 aromatic rings. The van der Waals surface area contributed by atoms with Crippen LogP contribution in [-0.4, -0.2) is 0 Å². The molecule has 0 aromatic heterocycles. The van der Waals surface area contributed by atoms with Crippen LogP contribution >= 0.6 is 22.9 Å². The third-order valence-electron chi connectivity index (χ3n) is 0. The molecule has 0 nitrogen and oxygen atoms in total. The van der Waals surface area contributed by atoms with Crippen molar-refractivity contribution in [2.45, 2.75) is 0 Å². The van der Waals surface area contributed by atoms with Crippen molar-refractivity contribution in [3.05, 3.63) is 0 Å². The van der Waals surface area contributed by atoms with E-state index in [0.29, 0.717) is 0 Å². The Balaban J connectivity index is 3.02. The number of hydrogen-bond donors (Lipinski definition) is 0. The van der Waals surface area contributed by atoms with Gasteiger partial charge in [-0.3, -0.25) is 0 Å². The van der Waals surface area contributed by atoms with Crippen molar-refractivity contribution in [2.24, 2.45) is 0 Å². The van der Waals surface area contributed by atoms with Crippen LogP contribution in [-0.2, 0) is 0 Å². The topological polar surface area (TPSA) is 0 Å². The third-order valence-corrected chi connectivity index (χ3v) is 0. The van der Waals surface area contributed by atoms with Crippen molar-refractivity contribution in [1.82, 2.24) is 0 Å². The molecule has 5 heavy (non-hydrogen) atoms. The first-order valence-electron chi connectivity index (χ1n) is 0.873. The summed E-state index contributed by atoms with van der Waals surface area (Å²) in [6.45, 7) is 0. The van der Waals surface area contributed by atoms with Crippen LogP contribution in [0.4, 0.5) is 0 Å². The van der Waals surface area contributed by atoms with Crippen LogP contribution in [0.1, 0.15) is 0 Å². The van der Waals surface area contributed by atoms with E-state index in [1.807, 2.05) is 0 Å². The molecular weight excluding hydrogens is 283 g/mol. The van der Waals surface area contributed by atoms with E-state index in [-0.39, 0.29) is 0 Å². The second-order valence-electron chi connectivity index (χ2n) is 0.495. The van der Waals surface area contributed by atoms with Crippen LogP contribution in [0.2, 0.25) is 0 Å². The van der Waals surface area contributed by atoms with E-state index in [1.54, 1.807) is 0 Å². The molecule has 0 aromatic carbocycles. The first-order valence-corrected chi connectivity index (χ1v) is 19.4. The van der Waals surface area contributed by atoms with Crippen molar-refractivity contribution < 1.29 is 26.6 Å². The predicted molar refractivity (Wildman–Crippen MR) is 23.4 cm³/mol. The first-order chi connectivity index (χ1) is 2.00. The molecule has 5 heteroatoms. The first kappa shape index (κ1) is 7.52. The van der Waals surface area contributed by atoms with Gasteiger partial charge in [-0.25, -0.2) is 0 Å². The Labute approximate surface area is 48.0 Å². The van der Waals surface area contributed by atoms with Gasteiger partial charge >= 0.3 is 49.5 Å². The fourth-order valence-electron chi connectivity index (χ4n) is 0. The summed E-state index contributed by atoms with van der Waals surface area (Å²) >= 11 is -3.44. The average molecular weight is 283 g/mol. The fraction of sp³-hybridized carbons (Fsp3) is 0. The molecule has 0 bridgehead atoms. The van der Waals surface area contributed by atoms with Gasteiger partial charge in [-0.2, -0.15) is 0 Å². The Kier molecular flexibility index (Phi) is 4.12. The van der Waals surface area contributed by atoms with Crippen LogP contribution in [0, 0.1) is 26.6 Å². The van der Waals surface area contributed by atoms with Gasteiger partial charge in [-0.05, 0) is 0 Å². The van der Waals surface area contributed by atoms with E-state index >= 15 is 0 Å². The molecule has 0 heterocycles. The molecule has 0 spiro atoms. The summed E-state index contributed by atoms with van der Waals surface area (Å²) in [6.07, 6.45) is 0. The summed E-state index contributed by atoms with van der Waals surface area (Å²) in [4.78, 5) is 0. The molecule has 0 aliphatic carbocycles. The van der Waals surface area contributed by atoms with Gasteiger partial charge in [-0.15, -0.1) is 0 Å². The quantitative estimate of drug-likeness (QED) is 0.641. The zero-order valence-electron chi connectivity index (χ0n) is 2.09. The van der Waals surface area contributed by atoms with Crippen molar-refractivity contribution in [2.75, 3.05) is 0 Å². The Morgan fingerprint density at radius 2 is 0.800 bits per heavy atom. The zero-order chi connectivity index (χ0) is 4.50. The second kappa shape index (κ2) is 2.74. The molecule has 0 fully saturated rings. The van der Waals surface area contributed by atoms with E-state index in [0.717, 1.165) is 0 Å². The van der Waals surface area contributed by atoms with E-state index < -0.39 is 26.6 Å². The normalized spacial score (nSPS) is 12.0. The van der Waals surface area contributed by atoms with Gasteiger partial charge in [0.25, 0.3) is 0 Å². The van der Waals surface area contributed by atoms with Crippen LogP contribution in [0.25, 0.3) is 0 Å². The van der Waals surface area contributed by atoms with Crippen LogP contribution in [0.3, 0.4) is 0 Å². The summed E-state index contributed by atoms with van der Waals surface area (Å²) in [5, 5.41) is 0. The Morgan fingerprint density at radius 3 is 0.800 bits per heavy atom. The molecule has 0 atom stereocenters.